The number of anilines is 3. The van der Waals surface area contributed by atoms with Gasteiger partial charge in [0.25, 0.3) is 0 Å². The molecule has 1 aromatic carbocycles. The zero-order valence-electron chi connectivity index (χ0n) is 17.0. The lowest BCUT2D eigenvalue weighted by atomic mass is 9.81. The van der Waals surface area contributed by atoms with Gasteiger partial charge in [-0.3, -0.25) is 0 Å². The summed E-state index contributed by atoms with van der Waals surface area (Å²) in [5, 5.41) is 16.7. The smallest absolute Gasteiger partial charge is 0.225 e. The first-order valence-electron chi connectivity index (χ1n) is 9.96. The number of aryl methyl sites for hydroxylation is 1. The Bertz CT molecular complexity index is 935. The fourth-order valence-corrected chi connectivity index (χ4v) is 3.78. The number of likely N-dealkylation sites (N-methyl/N-ethyl adjacent to an activating group) is 1. The van der Waals surface area contributed by atoms with Crippen molar-refractivity contribution in [2.24, 2.45) is 5.92 Å². The average Bonchev–Trinajstić information content (AvgIpc) is 2.69. The summed E-state index contributed by atoms with van der Waals surface area (Å²) in [6, 6.07) is 7.90. The van der Waals surface area contributed by atoms with Crippen LogP contribution in [0, 0.1) is 25.2 Å². The maximum Gasteiger partial charge on any atom is 0.225 e. The first kappa shape index (κ1) is 19.3. The van der Waals surface area contributed by atoms with E-state index in [1.807, 2.05) is 50.1 Å². The third-order valence-electron chi connectivity index (χ3n) is 5.82. The molecular formula is C22H27N5O2. The molecule has 1 aromatic heterocycles. The minimum absolute atomic E-state index is 0.0668. The van der Waals surface area contributed by atoms with E-state index in [1.54, 1.807) is 0 Å². The van der Waals surface area contributed by atoms with Crippen LogP contribution in [0.15, 0.2) is 24.3 Å². The predicted octanol–water partition coefficient (Wildman–Crippen LogP) is 2.60. The zero-order valence-corrected chi connectivity index (χ0v) is 17.0. The molecule has 0 radical (unpaired) electrons. The van der Waals surface area contributed by atoms with Crippen molar-refractivity contribution in [1.29, 1.82) is 0 Å². The minimum atomic E-state index is -0.637. The third-order valence-corrected chi connectivity index (χ3v) is 5.82. The first-order chi connectivity index (χ1) is 13.9. The van der Waals surface area contributed by atoms with Crippen molar-refractivity contribution in [3.8, 4) is 18.1 Å². The Hall–Kier alpha value is -2.98. The second-order valence-corrected chi connectivity index (χ2v) is 7.93. The molecule has 152 valence electrons. The number of terminal acetylenes is 1. The van der Waals surface area contributed by atoms with Crippen molar-refractivity contribution < 1.29 is 9.84 Å². The molecule has 2 atom stereocenters. The van der Waals surface area contributed by atoms with Gasteiger partial charge in [-0.2, -0.15) is 4.98 Å². The highest BCUT2D eigenvalue weighted by atomic mass is 16.5. The van der Waals surface area contributed by atoms with Crippen LogP contribution in [-0.4, -0.2) is 47.0 Å². The monoisotopic (exact) mass is 393 g/mol. The maximum atomic E-state index is 10.1. The summed E-state index contributed by atoms with van der Waals surface area (Å²) in [5.41, 5.74) is 2.44. The Morgan fingerprint density at radius 1 is 1.38 bits per heavy atom. The van der Waals surface area contributed by atoms with Crippen LogP contribution in [0.5, 0.6) is 5.75 Å². The van der Waals surface area contributed by atoms with Gasteiger partial charge in [0.05, 0.1) is 18.3 Å². The lowest BCUT2D eigenvalue weighted by Gasteiger charge is -2.39. The first-order valence-corrected chi connectivity index (χ1v) is 9.96. The number of hydrogen-bond donors (Lipinski definition) is 3. The van der Waals surface area contributed by atoms with Crippen molar-refractivity contribution in [3.05, 3.63) is 35.5 Å². The summed E-state index contributed by atoms with van der Waals surface area (Å²) in [7, 11) is 1.94. The molecule has 7 nitrogen and oxygen atoms in total. The zero-order chi connectivity index (χ0) is 20.5. The Balaban J connectivity index is 1.33. The van der Waals surface area contributed by atoms with E-state index in [2.05, 4.69) is 26.5 Å². The average molecular weight is 393 g/mol. The van der Waals surface area contributed by atoms with Crippen molar-refractivity contribution >= 4 is 17.5 Å². The van der Waals surface area contributed by atoms with Gasteiger partial charge in [-0.15, -0.1) is 6.42 Å². The summed E-state index contributed by atoms with van der Waals surface area (Å²) >= 11 is 0. The van der Waals surface area contributed by atoms with Gasteiger partial charge in [0.15, 0.2) is 5.82 Å². The molecule has 0 amide bonds. The van der Waals surface area contributed by atoms with Crippen LogP contribution in [0.25, 0.3) is 0 Å². The minimum Gasteiger partial charge on any atom is -0.493 e. The van der Waals surface area contributed by atoms with Gasteiger partial charge >= 0.3 is 0 Å². The van der Waals surface area contributed by atoms with E-state index in [9.17, 15) is 5.11 Å². The second kappa shape index (κ2) is 7.80. The highest BCUT2D eigenvalue weighted by molar-refractivity contribution is 5.72. The lowest BCUT2D eigenvalue weighted by molar-refractivity contribution is 0.167. The van der Waals surface area contributed by atoms with Gasteiger partial charge in [0.1, 0.15) is 17.7 Å². The molecule has 0 spiro atoms. The van der Waals surface area contributed by atoms with Crippen molar-refractivity contribution in [2.45, 2.75) is 45.0 Å². The Labute approximate surface area is 171 Å². The van der Waals surface area contributed by atoms with Crippen molar-refractivity contribution in [1.82, 2.24) is 9.97 Å². The number of aromatic nitrogens is 2. The van der Waals surface area contributed by atoms with Gasteiger partial charge < -0.3 is 25.4 Å². The molecule has 7 heteroatoms. The standard InChI is InChI=1S/C22H27N5O2/c1-5-15-7-6-8-18(11-15)29-12-16-9-17(10-16)24-22-23-13(2)19-20(26-22)27(4)14(3)21(28)25-19/h1,6-8,11,14,16-17,21,25,28H,9-10,12H2,2-4H3,(H,23,24,26)/t14-,16-,17+,21?/m0/s1. The normalized spacial score (nSPS) is 25.3. The molecule has 2 aromatic rings. The fourth-order valence-electron chi connectivity index (χ4n) is 3.78. The van der Waals surface area contributed by atoms with Gasteiger partial charge in [0.2, 0.25) is 5.95 Å². The summed E-state index contributed by atoms with van der Waals surface area (Å²) in [4.78, 5) is 11.2. The van der Waals surface area contributed by atoms with Gasteiger partial charge in [0, 0.05) is 18.7 Å². The molecule has 2 heterocycles. The largest absolute Gasteiger partial charge is 0.493 e. The predicted molar refractivity (Wildman–Crippen MR) is 114 cm³/mol. The Morgan fingerprint density at radius 2 is 2.17 bits per heavy atom. The van der Waals surface area contributed by atoms with E-state index in [4.69, 9.17) is 11.2 Å². The van der Waals surface area contributed by atoms with Crippen LogP contribution in [0.1, 0.15) is 31.0 Å². The van der Waals surface area contributed by atoms with Gasteiger partial charge in [-0.05, 0) is 50.8 Å². The molecule has 0 saturated heterocycles. The summed E-state index contributed by atoms with van der Waals surface area (Å²) in [6.45, 7) is 4.57. The van der Waals surface area contributed by atoms with E-state index in [1.165, 1.54) is 0 Å². The number of nitrogens with zero attached hydrogens (tertiary/aromatic N) is 3. The number of hydrogen-bond acceptors (Lipinski definition) is 7. The van der Waals surface area contributed by atoms with Crippen LogP contribution in [0.4, 0.5) is 17.5 Å². The highest BCUT2D eigenvalue weighted by Crippen LogP contribution is 2.35. The van der Waals surface area contributed by atoms with Crippen molar-refractivity contribution in [3.63, 3.8) is 0 Å². The maximum absolute atomic E-state index is 10.1. The van der Waals surface area contributed by atoms with E-state index in [0.717, 1.165) is 41.4 Å². The summed E-state index contributed by atoms with van der Waals surface area (Å²) < 4.78 is 5.89. The quantitative estimate of drug-likeness (QED) is 0.674. The SMILES string of the molecule is C#Cc1cccc(OC[C@H]2C[C@@H](Nc3nc(C)c4c(n3)N(C)[C@@H](C)C(O)N4)C2)c1. The van der Waals surface area contributed by atoms with Crippen LogP contribution < -0.4 is 20.3 Å². The van der Waals surface area contributed by atoms with E-state index >= 15 is 0 Å². The molecule has 0 bridgehead atoms. The Kier molecular flexibility index (Phi) is 5.20. The number of nitrogens with one attached hydrogen (secondary N) is 2. The number of fused-ring (bicyclic) bond motifs is 1. The molecule has 29 heavy (non-hydrogen) atoms. The van der Waals surface area contributed by atoms with Crippen molar-refractivity contribution in [2.75, 3.05) is 29.2 Å². The number of aliphatic hydroxyl groups excluding tert-OH is 1. The van der Waals surface area contributed by atoms with E-state index in [-0.39, 0.29) is 6.04 Å². The summed E-state index contributed by atoms with van der Waals surface area (Å²) in [5.74, 6) is 5.38. The molecular weight excluding hydrogens is 366 g/mol. The number of ether oxygens (including phenoxy) is 1. The molecule has 1 aliphatic carbocycles. The van der Waals surface area contributed by atoms with Crippen LogP contribution >= 0.6 is 0 Å². The second-order valence-electron chi connectivity index (χ2n) is 7.93. The highest BCUT2D eigenvalue weighted by Gasteiger charge is 2.33. The molecule has 3 N–H and O–H groups in total. The molecule has 1 saturated carbocycles. The third kappa shape index (κ3) is 3.94. The Morgan fingerprint density at radius 3 is 2.93 bits per heavy atom. The topological polar surface area (TPSA) is 82.5 Å². The van der Waals surface area contributed by atoms with Crippen LogP contribution in [0.2, 0.25) is 0 Å². The van der Waals surface area contributed by atoms with Crippen LogP contribution in [0.3, 0.4) is 0 Å². The number of aliphatic hydroxyl groups is 1. The molecule has 1 aliphatic heterocycles. The fraction of sp³-hybridized carbons (Fsp3) is 0.455. The molecule has 1 unspecified atom stereocenters. The lowest BCUT2D eigenvalue weighted by Crippen LogP contribution is -2.48. The number of rotatable bonds is 5. The molecule has 2 aliphatic rings. The number of benzene rings is 1. The molecule has 4 rings (SSSR count). The van der Waals surface area contributed by atoms with Crippen LogP contribution in [-0.2, 0) is 0 Å². The summed E-state index contributed by atoms with van der Waals surface area (Å²) in [6.07, 6.45) is 6.82. The van der Waals surface area contributed by atoms with E-state index in [0.29, 0.717) is 24.5 Å². The van der Waals surface area contributed by atoms with E-state index < -0.39 is 6.23 Å². The van der Waals surface area contributed by atoms with Gasteiger partial charge in [-0.25, -0.2) is 4.98 Å². The molecule has 1 fully saturated rings. The van der Waals surface area contributed by atoms with Gasteiger partial charge in [-0.1, -0.05) is 12.0 Å².